The molecule has 2 heteroatoms. The van der Waals surface area contributed by atoms with E-state index in [0.717, 1.165) is 0 Å². The Hall–Kier alpha value is -0.550. The lowest BCUT2D eigenvalue weighted by atomic mass is 9.73. The number of aliphatic hydroxyl groups is 1. The molecule has 1 fully saturated rings. The molecule has 1 aliphatic rings. The summed E-state index contributed by atoms with van der Waals surface area (Å²) in [6.07, 6.45) is 1.31. The maximum absolute atomic E-state index is 9.06. The zero-order valence-electron chi connectivity index (χ0n) is 4.89. The summed E-state index contributed by atoms with van der Waals surface area (Å²) in [5.74, 6) is 0.116. The monoisotopic (exact) mass is 111 g/mol. The molecule has 44 valence electrons. The summed E-state index contributed by atoms with van der Waals surface area (Å²) in [6, 6.07) is 2.10. The van der Waals surface area contributed by atoms with Gasteiger partial charge in [0.15, 0.2) is 0 Å². The maximum atomic E-state index is 9.06. The maximum Gasteiger partial charge on any atom is 0.0658 e. The standard InChI is InChI=1S/C6H9NO/c1-6(8)2-5(3-6)4-7/h5,8H,2-3H2,1H3. The predicted molar refractivity (Wildman–Crippen MR) is 29.0 cm³/mol. The molecule has 1 N–H and O–H groups in total. The Labute approximate surface area is 48.7 Å². The smallest absolute Gasteiger partial charge is 0.0658 e. The fourth-order valence-corrected chi connectivity index (χ4v) is 1.09. The van der Waals surface area contributed by atoms with Gasteiger partial charge in [0.05, 0.1) is 17.6 Å². The van der Waals surface area contributed by atoms with Crippen LogP contribution >= 0.6 is 0 Å². The largest absolute Gasteiger partial charge is 0.390 e. The highest BCUT2D eigenvalue weighted by atomic mass is 16.3. The predicted octanol–water partition coefficient (Wildman–Crippen LogP) is 0.671. The highest BCUT2D eigenvalue weighted by Crippen LogP contribution is 2.36. The third kappa shape index (κ3) is 0.823. The second-order valence-electron chi connectivity index (χ2n) is 2.73. The van der Waals surface area contributed by atoms with E-state index in [4.69, 9.17) is 10.4 Å². The van der Waals surface area contributed by atoms with Gasteiger partial charge in [0.1, 0.15) is 0 Å². The molecule has 0 spiro atoms. The molecule has 2 nitrogen and oxygen atoms in total. The van der Waals surface area contributed by atoms with Gasteiger partial charge < -0.3 is 5.11 Å². The van der Waals surface area contributed by atoms with E-state index in [9.17, 15) is 0 Å². The molecule has 0 bridgehead atoms. The lowest BCUT2D eigenvalue weighted by Gasteiger charge is -2.36. The molecule has 0 heterocycles. The van der Waals surface area contributed by atoms with Crippen molar-refractivity contribution >= 4 is 0 Å². The van der Waals surface area contributed by atoms with Crippen LogP contribution in [-0.4, -0.2) is 10.7 Å². The Kier molecular flexibility index (Phi) is 1.02. The highest BCUT2D eigenvalue weighted by molar-refractivity contribution is 5.00. The van der Waals surface area contributed by atoms with Gasteiger partial charge >= 0.3 is 0 Å². The van der Waals surface area contributed by atoms with E-state index in [1.807, 2.05) is 0 Å². The first kappa shape index (κ1) is 5.58. The Morgan fingerprint density at radius 3 is 2.38 bits per heavy atom. The van der Waals surface area contributed by atoms with Crippen molar-refractivity contribution in [3.05, 3.63) is 0 Å². The molecule has 1 aliphatic carbocycles. The Bertz CT molecular complexity index is 126. The van der Waals surface area contributed by atoms with E-state index in [0.29, 0.717) is 12.8 Å². The number of hydrogen-bond donors (Lipinski definition) is 1. The van der Waals surface area contributed by atoms with Gasteiger partial charge in [0.2, 0.25) is 0 Å². The molecule has 0 aromatic rings. The van der Waals surface area contributed by atoms with E-state index in [-0.39, 0.29) is 5.92 Å². The van der Waals surface area contributed by atoms with E-state index >= 15 is 0 Å². The van der Waals surface area contributed by atoms with E-state index in [1.54, 1.807) is 6.92 Å². The molecule has 0 saturated heterocycles. The third-order valence-electron chi connectivity index (χ3n) is 1.55. The average molecular weight is 111 g/mol. The zero-order valence-corrected chi connectivity index (χ0v) is 4.89. The van der Waals surface area contributed by atoms with Crippen LogP contribution in [0.15, 0.2) is 0 Å². The second-order valence-corrected chi connectivity index (χ2v) is 2.73. The van der Waals surface area contributed by atoms with Crippen LogP contribution in [0.1, 0.15) is 19.8 Å². The van der Waals surface area contributed by atoms with Crippen LogP contribution in [0.2, 0.25) is 0 Å². The molecule has 1 saturated carbocycles. The van der Waals surface area contributed by atoms with Crippen LogP contribution in [0, 0.1) is 17.2 Å². The van der Waals surface area contributed by atoms with Gasteiger partial charge in [-0.1, -0.05) is 0 Å². The van der Waals surface area contributed by atoms with Crippen LogP contribution in [0.3, 0.4) is 0 Å². The fraction of sp³-hybridized carbons (Fsp3) is 0.833. The summed E-state index contributed by atoms with van der Waals surface area (Å²) in [5.41, 5.74) is -0.527. The molecule has 1 rings (SSSR count). The van der Waals surface area contributed by atoms with E-state index < -0.39 is 5.60 Å². The van der Waals surface area contributed by atoms with Crippen LogP contribution in [0.25, 0.3) is 0 Å². The van der Waals surface area contributed by atoms with Gasteiger partial charge in [0, 0.05) is 0 Å². The summed E-state index contributed by atoms with van der Waals surface area (Å²) in [7, 11) is 0. The first-order valence-corrected chi connectivity index (χ1v) is 2.76. The summed E-state index contributed by atoms with van der Waals surface area (Å²) >= 11 is 0. The zero-order chi connectivity index (χ0) is 6.20. The SMILES string of the molecule is CC1(O)CC(C#N)C1. The van der Waals surface area contributed by atoms with Crippen LogP contribution in [0.5, 0.6) is 0 Å². The number of hydrogen-bond acceptors (Lipinski definition) is 2. The van der Waals surface area contributed by atoms with Crippen molar-refractivity contribution in [1.29, 1.82) is 5.26 Å². The minimum Gasteiger partial charge on any atom is -0.390 e. The molecule has 0 aromatic heterocycles. The molecule has 0 aliphatic heterocycles. The van der Waals surface area contributed by atoms with E-state index in [1.165, 1.54) is 0 Å². The molecular weight excluding hydrogens is 102 g/mol. The van der Waals surface area contributed by atoms with Gasteiger partial charge in [-0.25, -0.2) is 0 Å². The Balaban J connectivity index is 2.34. The van der Waals surface area contributed by atoms with Crippen LogP contribution < -0.4 is 0 Å². The average Bonchev–Trinajstić information content (AvgIpc) is 1.60. The van der Waals surface area contributed by atoms with Gasteiger partial charge in [-0.3, -0.25) is 0 Å². The van der Waals surface area contributed by atoms with Gasteiger partial charge in [-0.05, 0) is 19.8 Å². The first-order chi connectivity index (χ1) is 3.64. The van der Waals surface area contributed by atoms with Crippen molar-refractivity contribution in [2.24, 2.45) is 5.92 Å². The summed E-state index contributed by atoms with van der Waals surface area (Å²) < 4.78 is 0. The molecule has 0 aromatic carbocycles. The molecule has 8 heavy (non-hydrogen) atoms. The van der Waals surface area contributed by atoms with Gasteiger partial charge in [-0.2, -0.15) is 5.26 Å². The van der Waals surface area contributed by atoms with Crippen molar-refractivity contribution in [1.82, 2.24) is 0 Å². The topological polar surface area (TPSA) is 44.0 Å². The Morgan fingerprint density at radius 1 is 1.75 bits per heavy atom. The lowest BCUT2D eigenvalue weighted by molar-refractivity contribution is -0.0392. The number of nitrogens with zero attached hydrogens (tertiary/aromatic N) is 1. The van der Waals surface area contributed by atoms with E-state index in [2.05, 4.69) is 6.07 Å². The molecule has 0 radical (unpaired) electrons. The second kappa shape index (κ2) is 1.46. The van der Waals surface area contributed by atoms with Crippen LogP contribution in [-0.2, 0) is 0 Å². The van der Waals surface area contributed by atoms with Crippen molar-refractivity contribution in [2.45, 2.75) is 25.4 Å². The number of nitriles is 1. The van der Waals surface area contributed by atoms with Gasteiger partial charge in [-0.15, -0.1) is 0 Å². The normalized spacial score (nSPS) is 44.9. The van der Waals surface area contributed by atoms with Gasteiger partial charge in [0.25, 0.3) is 0 Å². The highest BCUT2D eigenvalue weighted by Gasteiger charge is 2.38. The summed E-state index contributed by atoms with van der Waals surface area (Å²) in [5, 5.41) is 17.3. The van der Waals surface area contributed by atoms with Crippen molar-refractivity contribution in [3.63, 3.8) is 0 Å². The minimum atomic E-state index is -0.527. The lowest BCUT2D eigenvalue weighted by Crippen LogP contribution is -2.39. The summed E-state index contributed by atoms with van der Waals surface area (Å²) in [4.78, 5) is 0. The molecular formula is C6H9NO. The third-order valence-corrected chi connectivity index (χ3v) is 1.55. The minimum absolute atomic E-state index is 0.116. The fourth-order valence-electron chi connectivity index (χ4n) is 1.09. The molecule has 0 amide bonds. The van der Waals surface area contributed by atoms with Crippen molar-refractivity contribution in [2.75, 3.05) is 0 Å². The quantitative estimate of drug-likeness (QED) is 0.499. The van der Waals surface area contributed by atoms with Crippen molar-refractivity contribution < 1.29 is 5.11 Å². The molecule has 0 unspecified atom stereocenters. The number of rotatable bonds is 0. The summed E-state index contributed by atoms with van der Waals surface area (Å²) in [6.45, 7) is 1.76. The Morgan fingerprint density at radius 2 is 2.25 bits per heavy atom. The first-order valence-electron chi connectivity index (χ1n) is 2.76. The molecule has 0 atom stereocenters. The van der Waals surface area contributed by atoms with Crippen LogP contribution in [0.4, 0.5) is 0 Å². The van der Waals surface area contributed by atoms with Crippen molar-refractivity contribution in [3.8, 4) is 6.07 Å².